The Morgan fingerprint density at radius 1 is 0.939 bits per heavy atom. The van der Waals surface area contributed by atoms with Crippen molar-refractivity contribution in [2.45, 2.75) is 20.0 Å². The van der Waals surface area contributed by atoms with Crippen molar-refractivity contribution < 1.29 is 13.6 Å². The fraction of sp³-hybridized carbons (Fsp3) is 0.160. The lowest BCUT2D eigenvalue weighted by Crippen LogP contribution is -2.28. The summed E-state index contributed by atoms with van der Waals surface area (Å²) in [5.41, 5.74) is 3.80. The second kappa shape index (κ2) is 8.12. The van der Waals surface area contributed by atoms with Crippen LogP contribution in [0.4, 0.5) is 8.78 Å². The summed E-state index contributed by atoms with van der Waals surface area (Å²) in [7, 11) is 1.58. The normalized spacial score (nSPS) is 11.5. The SMILES string of the molecule is Cc1nc2cc(C(=O)N(C)Cc3nc4ccccc4n3C(F)F)ccc2n1-c1ccccc1. The quantitative estimate of drug-likeness (QED) is 0.366. The number of amides is 1. The molecule has 33 heavy (non-hydrogen) atoms. The van der Waals surface area contributed by atoms with Crippen molar-refractivity contribution in [2.24, 2.45) is 0 Å². The molecular weight excluding hydrogens is 424 g/mol. The summed E-state index contributed by atoms with van der Waals surface area (Å²) < 4.78 is 30.4. The fourth-order valence-corrected chi connectivity index (χ4v) is 4.16. The average molecular weight is 445 g/mol. The molecule has 0 aliphatic rings. The highest BCUT2D eigenvalue weighted by atomic mass is 19.3. The first-order chi connectivity index (χ1) is 15.9. The maximum Gasteiger partial charge on any atom is 0.320 e. The Kier molecular flexibility index (Phi) is 5.12. The number of aryl methyl sites for hydroxylation is 1. The van der Waals surface area contributed by atoms with Gasteiger partial charge in [0, 0.05) is 18.3 Å². The molecule has 5 rings (SSSR count). The topological polar surface area (TPSA) is 56.0 Å². The van der Waals surface area contributed by atoms with Crippen LogP contribution in [0.15, 0.2) is 72.8 Å². The van der Waals surface area contributed by atoms with Crippen LogP contribution in [0.25, 0.3) is 27.8 Å². The number of alkyl halides is 2. The number of hydrogen-bond donors (Lipinski definition) is 0. The van der Waals surface area contributed by atoms with Gasteiger partial charge in [-0.15, -0.1) is 0 Å². The standard InChI is InChI=1S/C25H21F2N5O/c1-16-28-20-14-17(12-13-22(20)31(16)18-8-4-3-5-9-18)24(33)30(2)15-23-29-19-10-6-7-11-21(19)32(23)25(26)27/h3-14,25H,15H2,1-2H3. The van der Waals surface area contributed by atoms with Crippen LogP contribution in [0.5, 0.6) is 0 Å². The predicted octanol–water partition coefficient (Wildman–Crippen LogP) is 5.35. The third kappa shape index (κ3) is 3.63. The molecule has 166 valence electrons. The lowest BCUT2D eigenvalue weighted by molar-refractivity contribution is 0.0646. The molecule has 5 aromatic rings. The van der Waals surface area contributed by atoms with E-state index in [-0.39, 0.29) is 18.3 Å². The van der Waals surface area contributed by atoms with Crippen LogP contribution in [0.2, 0.25) is 0 Å². The van der Waals surface area contributed by atoms with Crippen LogP contribution in [0.1, 0.15) is 28.6 Å². The maximum absolute atomic E-state index is 13.7. The van der Waals surface area contributed by atoms with E-state index in [4.69, 9.17) is 0 Å². The van der Waals surface area contributed by atoms with E-state index in [1.807, 2.05) is 47.9 Å². The van der Waals surface area contributed by atoms with Crippen molar-refractivity contribution in [1.82, 2.24) is 24.0 Å². The average Bonchev–Trinajstić information content (AvgIpc) is 3.34. The lowest BCUT2D eigenvalue weighted by Gasteiger charge is -2.18. The summed E-state index contributed by atoms with van der Waals surface area (Å²) in [5, 5.41) is 0. The van der Waals surface area contributed by atoms with Crippen molar-refractivity contribution in [1.29, 1.82) is 0 Å². The third-order valence-electron chi connectivity index (χ3n) is 5.67. The van der Waals surface area contributed by atoms with E-state index in [0.29, 0.717) is 22.1 Å². The van der Waals surface area contributed by atoms with E-state index in [1.165, 1.54) is 4.90 Å². The number of carbonyl (C=O) groups is 1. The number of halogens is 2. The van der Waals surface area contributed by atoms with E-state index < -0.39 is 6.55 Å². The summed E-state index contributed by atoms with van der Waals surface area (Å²) in [5.74, 6) is 0.642. The third-order valence-corrected chi connectivity index (χ3v) is 5.67. The van der Waals surface area contributed by atoms with E-state index in [0.717, 1.165) is 21.6 Å². The number of imidazole rings is 2. The van der Waals surface area contributed by atoms with Crippen molar-refractivity contribution in [3.05, 3.63) is 90.0 Å². The van der Waals surface area contributed by atoms with Crippen molar-refractivity contribution >= 4 is 28.0 Å². The predicted molar refractivity (Wildman–Crippen MR) is 123 cm³/mol. The monoisotopic (exact) mass is 445 g/mol. The van der Waals surface area contributed by atoms with Gasteiger partial charge in [0.2, 0.25) is 0 Å². The molecule has 0 aliphatic carbocycles. The molecule has 0 bridgehead atoms. The summed E-state index contributed by atoms with van der Waals surface area (Å²) in [6.45, 7) is -0.889. The molecule has 0 saturated heterocycles. The summed E-state index contributed by atoms with van der Waals surface area (Å²) in [6.07, 6.45) is 0. The lowest BCUT2D eigenvalue weighted by atomic mass is 10.1. The number of para-hydroxylation sites is 3. The zero-order valence-electron chi connectivity index (χ0n) is 18.1. The van der Waals surface area contributed by atoms with Gasteiger partial charge in [-0.05, 0) is 49.4 Å². The molecular formula is C25H21F2N5O. The molecule has 0 fully saturated rings. The zero-order valence-corrected chi connectivity index (χ0v) is 18.1. The van der Waals surface area contributed by atoms with Gasteiger partial charge in [-0.2, -0.15) is 8.78 Å². The smallest absolute Gasteiger partial charge is 0.320 e. The van der Waals surface area contributed by atoms with Gasteiger partial charge in [-0.25, -0.2) is 9.97 Å². The van der Waals surface area contributed by atoms with Crippen LogP contribution in [0.3, 0.4) is 0 Å². The number of hydrogen-bond acceptors (Lipinski definition) is 3. The highest BCUT2D eigenvalue weighted by Crippen LogP contribution is 2.25. The first-order valence-electron chi connectivity index (χ1n) is 10.5. The Bertz CT molecular complexity index is 1470. The molecule has 0 atom stereocenters. The molecule has 1 amide bonds. The minimum atomic E-state index is -2.75. The first kappa shape index (κ1) is 20.8. The van der Waals surface area contributed by atoms with Gasteiger partial charge in [0.1, 0.15) is 11.6 Å². The molecule has 0 unspecified atom stereocenters. The molecule has 0 spiro atoms. The summed E-state index contributed by atoms with van der Waals surface area (Å²) in [6, 6.07) is 21.9. The Morgan fingerprint density at radius 3 is 2.42 bits per heavy atom. The number of benzene rings is 3. The molecule has 6 nitrogen and oxygen atoms in total. The summed E-state index contributed by atoms with van der Waals surface area (Å²) in [4.78, 5) is 23.4. The van der Waals surface area contributed by atoms with E-state index in [9.17, 15) is 13.6 Å². The highest BCUT2D eigenvalue weighted by molar-refractivity contribution is 5.97. The van der Waals surface area contributed by atoms with Gasteiger partial charge in [-0.1, -0.05) is 30.3 Å². The van der Waals surface area contributed by atoms with Gasteiger partial charge in [0.05, 0.1) is 28.6 Å². The van der Waals surface area contributed by atoms with E-state index >= 15 is 0 Å². The van der Waals surface area contributed by atoms with Crippen LogP contribution in [0, 0.1) is 6.92 Å². The maximum atomic E-state index is 13.7. The number of nitrogens with zero attached hydrogens (tertiary/aromatic N) is 5. The van der Waals surface area contributed by atoms with Gasteiger partial charge in [0.15, 0.2) is 0 Å². The van der Waals surface area contributed by atoms with E-state index in [2.05, 4.69) is 9.97 Å². The second-order valence-electron chi connectivity index (χ2n) is 7.86. The van der Waals surface area contributed by atoms with Crippen molar-refractivity contribution in [3.8, 4) is 5.69 Å². The van der Waals surface area contributed by atoms with E-state index in [1.54, 1.807) is 43.4 Å². The molecule has 2 heterocycles. The van der Waals surface area contributed by atoms with Crippen LogP contribution in [-0.4, -0.2) is 37.0 Å². The van der Waals surface area contributed by atoms with Gasteiger partial charge in [-0.3, -0.25) is 13.9 Å². The number of aromatic nitrogens is 4. The minimum absolute atomic E-state index is 0.0482. The zero-order chi connectivity index (χ0) is 23.1. The fourth-order valence-electron chi connectivity index (χ4n) is 4.16. The molecule has 3 aromatic carbocycles. The first-order valence-corrected chi connectivity index (χ1v) is 10.5. The Balaban J connectivity index is 1.46. The van der Waals surface area contributed by atoms with Crippen LogP contribution in [-0.2, 0) is 6.54 Å². The molecule has 0 aliphatic heterocycles. The Labute approximate surface area is 188 Å². The van der Waals surface area contributed by atoms with Gasteiger partial charge in [0.25, 0.3) is 5.91 Å². The number of rotatable bonds is 5. The Morgan fingerprint density at radius 2 is 1.67 bits per heavy atom. The van der Waals surface area contributed by atoms with Crippen molar-refractivity contribution in [3.63, 3.8) is 0 Å². The number of fused-ring (bicyclic) bond motifs is 2. The van der Waals surface area contributed by atoms with Crippen LogP contribution >= 0.6 is 0 Å². The van der Waals surface area contributed by atoms with Crippen molar-refractivity contribution in [2.75, 3.05) is 7.05 Å². The number of carbonyl (C=O) groups excluding carboxylic acids is 1. The second-order valence-corrected chi connectivity index (χ2v) is 7.86. The molecule has 0 saturated carbocycles. The van der Waals surface area contributed by atoms with Gasteiger partial charge >= 0.3 is 6.55 Å². The largest absolute Gasteiger partial charge is 0.334 e. The molecule has 0 radical (unpaired) electrons. The molecule has 2 aromatic heterocycles. The summed E-state index contributed by atoms with van der Waals surface area (Å²) >= 11 is 0. The highest BCUT2D eigenvalue weighted by Gasteiger charge is 2.21. The van der Waals surface area contributed by atoms with Crippen LogP contribution < -0.4 is 0 Å². The molecule has 0 N–H and O–H groups in total. The molecule has 8 heteroatoms. The Hall–Kier alpha value is -4.07. The minimum Gasteiger partial charge on any atom is -0.334 e. The van der Waals surface area contributed by atoms with Gasteiger partial charge < -0.3 is 4.90 Å².